The van der Waals surface area contributed by atoms with E-state index in [9.17, 15) is 22.8 Å². The molecule has 1 aromatic carbocycles. The van der Waals surface area contributed by atoms with E-state index in [1.165, 1.54) is 12.1 Å². The maximum Gasteiger partial charge on any atom is 0.416 e. The van der Waals surface area contributed by atoms with Crippen LogP contribution in [0, 0.1) is 5.92 Å². The van der Waals surface area contributed by atoms with Crippen molar-refractivity contribution in [2.75, 3.05) is 32.8 Å². The molecule has 1 aromatic rings. The van der Waals surface area contributed by atoms with Crippen molar-refractivity contribution in [3.8, 4) is 5.75 Å². The fraction of sp³-hybridized carbons (Fsp3) is 0.529. The van der Waals surface area contributed by atoms with E-state index < -0.39 is 11.7 Å². The summed E-state index contributed by atoms with van der Waals surface area (Å²) in [6, 6.07) is 4.15. The SMILES string of the molecule is Cl.NCCNC(=O)C1CCCN(C(=O)COc2ccc(C(F)(F)F)cc2)C1. The topological polar surface area (TPSA) is 84.7 Å². The van der Waals surface area contributed by atoms with Crippen molar-refractivity contribution in [3.63, 3.8) is 0 Å². The molecule has 0 saturated carbocycles. The van der Waals surface area contributed by atoms with E-state index in [1.54, 1.807) is 4.90 Å². The zero-order chi connectivity index (χ0) is 19.2. The van der Waals surface area contributed by atoms with Crippen LogP contribution in [0.5, 0.6) is 5.75 Å². The van der Waals surface area contributed by atoms with Gasteiger partial charge in [-0.25, -0.2) is 0 Å². The van der Waals surface area contributed by atoms with Crippen LogP contribution in [0.25, 0.3) is 0 Å². The molecule has 0 bridgehead atoms. The third-order valence-corrected chi connectivity index (χ3v) is 4.13. The van der Waals surface area contributed by atoms with E-state index in [0.717, 1.165) is 12.1 Å². The molecule has 1 fully saturated rings. The number of ether oxygens (including phenoxy) is 1. The van der Waals surface area contributed by atoms with Gasteiger partial charge in [0.25, 0.3) is 5.91 Å². The number of nitrogens with one attached hydrogen (secondary N) is 1. The molecule has 0 radical (unpaired) electrons. The van der Waals surface area contributed by atoms with Crippen LogP contribution in [0.1, 0.15) is 18.4 Å². The molecule has 1 saturated heterocycles. The molecule has 1 aliphatic heterocycles. The zero-order valence-corrected chi connectivity index (χ0v) is 15.4. The molecule has 1 aliphatic rings. The number of carbonyl (C=O) groups is 2. The molecule has 1 atom stereocenters. The lowest BCUT2D eigenvalue weighted by Crippen LogP contribution is -2.47. The number of rotatable bonds is 6. The summed E-state index contributed by atoms with van der Waals surface area (Å²) in [6.45, 7) is 1.27. The summed E-state index contributed by atoms with van der Waals surface area (Å²) in [4.78, 5) is 25.8. The first-order valence-corrected chi connectivity index (χ1v) is 8.37. The summed E-state index contributed by atoms with van der Waals surface area (Å²) < 4.78 is 42.8. The molecule has 6 nitrogen and oxygen atoms in total. The lowest BCUT2D eigenvalue weighted by Gasteiger charge is -2.32. The largest absolute Gasteiger partial charge is 0.484 e. The van der Waals surface area contributed by atoms with E-state index in [-0.39, 0.29) is 42.5 Å². The van der Waals surface area contributed by atoms with Gasteiger partial charge in [-0.05, 0) is 37.1 Å². The van der Waals surface area contributed by atoms with Crippen molar-refractivity contribution in [1.29, 1.82) is 0 Å². The van der Waals surface area contributed by atoms with Crippen LogP contribution in [0.3, 0.4) is 0 Å². The lowest BCUT2D eigenvalue weighted by atomic mass is 9.97. The number of hydrogen-bond acceptors (Lipinski definition) is 4. The molecule has 0 aliphatic carbocycles. The average Bonchev–Trinajstić information content (AvgIpc) is 2.63. The predicted molar refractivity (Wildman–Crippen MR) is 95.6 cm³/mol. The van der Waals surface area contributed by atoms with Gasteiger partial charge >= 0.3 is 6.18 Å². The van der Waals surface area contributed by atoms with Crippen molar-refractivity contribution < 1.29 is 27.5 Å². The quantitative estimate of drug-likeness (QED) is 0.750. The minimum Gasteiger partial charge on any atom is -0.484 e. The van der Waals surface area contributed by atoms with Gasteiger partial charge < -0.3 is 20.7 Å². The predicted octanol–water partition coefficient (Wildman–Crippen LogP) is 1.82. The molecule has 27 heavy (non-hydrogen) atoms. The van der Waals surface area contributed by atoms with Gasteiger partial charge in [0.1, 0.15) is 5.75 Å². The van der Waals surface area contributed by atoms with E-state index in [0.29, 0.717) is 39.0 Å². The first-order chi connectivity index (χ1) is 12.3. The minimum absolute atomic E-state index is 0. The van der Waals surface area contributed by atoms with E-state index in [4.69, 9.17) is 10.5 Å². The fourth-order valence-electron chi connectivity index (χ4n) is 2.73. The van der Waals surface area contributed by atoms with E-state index >= 15 is 0 Å². The molecule has 1 unspecified atom stereocenters. The summed E-state index contributed by atoms with van der Waals surface area (Å²) in [5.74, 6) is -0.538. The van der Waals surface area contributed by atoms with Crippen molar-refractivity contribution in [2.24, 2.45) is 11.7 Å². The number of nitrogens with zero attached hydrogens (tertiary/aromatic N) is 1. The minimum atomic E-state index is -4.42. The Hall–Kier alpha value is -2.00. The second-order valence-corrected chi connectivity index (χ2v) is 6.07. The summed E-state index contributed by atoms with van der Waals surface area (Å²) >= 11 is 0. The maximum atomic E-state index is 12.5. The van der Waals surface area contributed by atoms with Crippen LogP contribution in [-0.4, -0.2) is 49.5 Å². The molecule has 10 heteroatoms. The monoisotopic (exact) mass is 409 g/mol. The molecule has 0 aromatic heterocycles. The maximum absolute atomic E-state index is 12.5. The van der Waals surface area contributed by atoms with E-state index in [1.807, 2.05) is 0 Å². The molecule has 2 rings (SSSR count). The first-order valence-electron chi connectivity index (χ1n) is 8.37. The number of carbonyl (C=O) groups excluding carboxylic acids is 2. The van der Waals surface area contributed by atoms with Crippen molar-refractivity contribution >= 4 is 24.2 Å². The molecule has 2 amide bonds. The van der Waals surface area contributed by atoms with Crippen LogP contribution in [0.2, 0.25) is 0 Å². The van der Waals surface area contributed by atoms with Gasteiger partial charge in [0.15, 0.2) is 6.61 Å². The summed E-state index contributed by atoms with van der Waals surface area (Å²) in [5, 5.41) is 2.71. The normalized spacial score (nSPS) is 17.0. The van der Waals surface area contributed by atoms with Gasteiger partial charge in [0, 0.05) is 26.2 Å². The molecule has 0 spiro atoms. The van der Waals surface area contributed by atoms with Crippen LogP contribution in [0.4, 0.5) is 13.2 Å². The Bertz CT molecular complexity index is 626. The molecular formula is C17H23ClF3N3O3. The average molecular weight is 410 g/mol. The van der Waals surface area contributed by atoms with Crippen LogP contribution < -0.4 is 15.8 Å². The number of likely N-dealkylation sites (tertiary alicyclic amines) is 1. The number of nitrogens with two attached hydrogens (primary N) is 1. The third kappa shape index (κ3) is 6.91. The van der Waals surface area contributed by atoms with Crippen LogP contribution >= 0.6 is 12.4 Å². The first kappa shape index (κ1) is 23.0. The standard InChI is InChI=1S/C17H22F3N3O3.ClH/c18-17(19,20)13-3-5-14(6-4-13)26-11-15(24)23-9-1-2-12(10-23)16(25)22-8-7-21;/h3-6,12H,1-2,7-11,21H2,(H,22,25);1H. The van der Waals surface area contributed by atoms with Crippen molar-refractivity contribution in [2.45, 2.75) is 19.0 Å². The Balaban J connectivity index is 0.00000364. The van der Waals surface area contributed by atoms with Gasteiger partial charge in [-0.3, -0.25) is 9.59 Å². The highest BCUT2D eigenvalue weighted by molar-refractivity contribution is 5.85. The Labute approximate surface area is 161 Å². The van der Waals surface area contributed by atoms with Crippen LogP contribution in [0.15, 0.2) is 24.3 Å². The van der Waals surface area contributed by atoms with Gasteiger partial charge in [-0.2, -0.15) is 13.2 Å². The van der Waals surface area contributed by atoms with Gasteiger partial charge in [0.05, 0.1) is 11.5 Å². The summed E-state index contributed by atoms with van der Waals surface area (Å²) in [5.41, 5.74) is 4.57. The number of hydrogen-bond donors (Lipinski definition) is 2. The summed E-state index contributed by atoms with van der Waals surface area (Å²) in [6.07, 6.45) is -3.02. The zero-order valence-electron chi connectivity index (χ0n) is 14.6. The summed E-state index contributed by atoms with van der Waals surface area (Å²) in [7, 11) is 0. The second-order valence-electron chi connectivity index (χ2n) is 6.07. The molecule has 152 valence electrons. The highest BCUT2D eigenvalue weighted by atomic mass is 35.5. The smallest absolute Gasteiger partial charge is 0.416 e. The number of amides is 2. The lowest BCUT2D eigenvalue weighted by molar-refractivity contribution is -0.139. The third-order valence-electron chi connectivity index (χ3n) is 4.13. The Kier molecular flexibility index (Phi) is 8.84. The Morgan fingerprint density at radius 2 is 1.93 bits per heavy atom. The Morgan fingerprint density at radius 1 is 1.26 bits per heavy atom. The van der Waals surface area contributed by atoms with Crippen molar-refractivity contribution in [1.82, 2.24) is 10.2 Å². The van der Waals surface area contributed by atoms with Gasteiger partial charge in [-0.1, -0.05) is 0 Å². The molecular weight excluding hydrogens is 387 g/mol. The molecule has 3 N–H and O–H groups in total. The van der Waals surface area contributed by atoms with E-state index in [2.05, 4.69) is 5.32 Å². The van der Waals surface area contributed by atoms with Crippen LogP contribution in [-0.2, 0) is 15.8 Å². The number of halogens is 4. The highest BCUT2D eigenvalue weighted by Crippen LogP contribution is 2.30. The number of piperidine rings is 1. The van der Waals surface area contributed by atoms with Crippen molar-refractivity contribution in [3.05, 3.63) is 29.8 Å². The highest BCUT2D eigenvalue weighted by Gasteiger charge is 2.30. The van der Waals surface area contributed by atoms with Gasteiger partial charge in [0.2, 0.25) is 5.91 Å². The van der Waals surface area contributed by atoms with Gasteiger partial charge in [-0.15, -0.1) is 12.4 Å². The number of alkyl halides is 3. The Morgan fingerprint density at radius 3 is 2.52 bits per heavy atom. The number of benzene rings is 1. The fourth-order valence-corrected chi connectivity index (χ4v) is 2.73. The molecule has 1 heterocycles. The second kappa shape index (κ2) is 10.4.